The van der Waals surface area contributed by atoms with Crippen LogP contribution in [0.5, 0.6) is 5.75 Å². The molecule has 0 aromatic heterocycles. The first-order valence-corrected chi connectivity index (χ1v) is 7.58. The maximum Gasteiger partial charge on any atom is 0.319 e. The molecule has 1 aliphatic rings. The van der Waals surface area contributed by atoms with Gasteiger partial charge in [-0.25, -0.2) is 4.79 Å². The summed E-state index contributed by atoms with van der Waals surface area (Å²) in [5, 5.41) is 14.7. The highest BCUT2D eigenvalue weighted by Crippen LogP contribution is 2.36. The van der Waals surface area contributed by atoms with Crippen molar-refractivity contribution in [3.8, 4) is 5.75 Å². The van der Waals surface area contributed by atoms with Crippen LogP contribution in [-0.2, 0) is 4.79 Å². The lowest BCUT2D eigenvalue weighted by atomic mass is 9.80. The second-order valence-electron chi connectivity index (χ2n) is 5.00. The number of anilines is 1. The van der Waals surface area contributed by atoms with Crippen molar-refractivity contribution in [2.45, 2.75) is 25.8 Å². The molecule has 0 atom stereocenters. The Kier molecular flexibility index (Phi) is 5.37. The highest BCUT2D eigenvalue weighted by Gasteiger charge is 2.35. The number of benzene rings is 1. The summed E-state index contributed by atoms with van der Waals surface area (Å²) in [7, 11) is 0. The summed E-state index contributed by atoms with van der Waals surface area (Å²) < 4.78 is 5.30. The van der Waals surface area contributed by atoms with Crippen molar-refractivity contribution < 1.29 is 19.4 Å². The van der Waals surface area contributed by atoms with E-state index in [-0.39, 0.29) is 12.0 Å². The zero-order chi connectivity index (χ0) is 16.3. The molecule has 2 amide bonds. The van der Waals surface area contributed by atoms with Crippen molar-refractivity contribution in [1.82, 2.24) is 5.32 Å². The smallest absolute Gasteiger partial charge is 0.319 e. The number of urea groups is 1. The molecule has 8 heteroatoms. The van der Waals surface area contributed by atoms with Crippen molar-refractivity contribution in [3.05, 3.63) is 22.2 Å². The fourth-order valence-corrected chi connectivity index (χ4v) is 2.80. The average molecular weight is 347 g/mol. The molecular formula is C14H16Cl2N2O4. The number of carbonyl (C=O) groups is 2. The van der Waals surface area contributed by atoms with E-state index in [1.165, 1.54) is 0 Å². The van der Waals surface area contributed by atoms with Crippen molar-refractivity contribution in [3.63, 3.8) is 0 Å². The summed E-state index contributed by atoms with van der Waals surface area (Å²) in [4.78, 5) is 22.5. The van der Waals surface area contributed by atoms with E-state index in [4.69, 9.17) is 33.0 Å². The Morgan fingerprint density at radius 2 is 1.91 bits per heavy atom. The first kappa shape index (κ1) is 16.7. The first-order valence-electron chi connectivity index (χ1n) is 6.82. The van der Waals surface area contributed by atoms with Crippen LogP contribution in [0.4, 0.5) is 10.5 Å². The van der Waals surface area contributed by atoms with Gasteiger partial charge in [0.15, 0.2) is 5.75 Å². The quantitative estimate of drug-likeness (QED) is 0.762. The Bertz CT molecular complexity index is 565. The number of halogens is 2. The largest absolute Gasteiger partial charge is 0.491 e. The van der Waals surface area contributed by atoms with Crippen LogP contribution in [0, 0.1) is 5.92 Å². The molecule has 6 nitrogen and oxygen atoms in total. The van der Waals surface area contributed by atoms with Crippen LogP contribution in [-0.4, -0.2) is 29.8 Å². The summed E-state index contributed by atoms with van der Waals surface area (Å²) in [5.74, 6) is -0.830. The van der Waals surface area contributed by atoms with E-state index in [1.54, 1.807) is 12.1 Å². The molecular weight excluding hydrogens is 331 g/mol. The van der Waals surface area contributed by atoms with E-state index in [1.807, 2.05) is 6.92 Å². The predicted octanol–water partition coefficient (Wildman–Crippen LogP) is 3.38. The molecule has 0 saturated heterocycles. The maximum absolute atomic E-state index is 11.8. The van der Waals surface area contributed by atoms with Gasteiger partial charge >= 0.3 is 12.0 Å². The average Bonchev–Trinajstić information content (AvgIpc) is 2.37. The lowest BCUT2D eigenvalue weighted by molar-refractivity contribution is -0.145. The third-order valence-corrected chi connectivity index (χ3v) is 3.93. The summed E-state index contributed by atoms with van der Waals surface area (Å²) in [6.07, 6.45) is 0.876. The van der Waals surface area contributed by atoms with E-state index >= 15 is 0 Å². The number of carbonyl (C=O) groups excluding carboxylic acids is 1. The minimum Gasteiger partial charge on any atom is -0.491 e. The zero-order valence-electron chi connectivity index (χ0n) is 11.9. The van der Waals surface area contributed by atoms with Crippen LogP contribution in [0.1, 0.15) is 19.8 Å². The molecule has 0 unspecified atom stereocenters. The minimum atomic E-state index is -0.830. The molecule has 1 aromatic carbocycles. The summed E-state index contributed by atoms with van der Waals surface area (Å²) in [6.45, 7) is 2.24. The molecule has 1 saturated carbocycles. The van der Waals surface area contributed by atoms with Crippen molar-refractivity contribution in [2.75, 3.05) is 11.9 Å². The van der Waals surface area contributed by atoms with Gasteiger partial charge in [-0.05, 0) is 31.9 Å². The fraction of sp³-hybridized carbons (Fsp3) is 0.429. The molecule has 1 aromatic rings. The second-order valence-corrected chi connectivity index (χ2v) is 5.82. The number of carboxylic acid groups (broad SMARTS) is 1. The normalized spacial score (nSPS) is 20.0. The van der Waals surface area contributed by atoms with Gasteiger partial charge in [0.2, 0.25) is 0 Å². The number of amides is 2. The lowest BCUT2D eigenvalue weighted by Gasteiger charge is -2.32. The van der Waals surface area contributed by atoms with Crippen LogP contribution in [0.2, 0.25) is 10.0 Å². The third kappa shape index (κ3) is 3.96. The van der Waals surface area contributed by atoms with Crippen LogP contribution >= 0.6 is 23.2 Å². The van der Waals surface area contributed by atoms with Crippen molar-refractivity contribution in [2.24, 2.45) is 5.92 Å². The van der Waals surface area contributed by atoms with Gasteiger partial charge in [0.25, 0.3) is 0 Å². The van der Waals surface area contributed by atoms with Gasteiger partial charge in [-0.15, -0.1) is 0 Å². The van der Waals surface area contributed by atoms with Crippen LogP contribution in [0.15, 0.2) is 12.1 Å². The molecule has 120 valence electrons. The monoisotopic (exact) mass is 346 g/mol. The highest BCUT2D eigenvalue weighted by atomic mass is 35.5. The Hall–Kier alpha value is -1.66. The minimum absolute atomic E-state index is 0.130. The van der Waals surface area contributed by atoms with Gasteiger partial charge in [0, 0.05) is 11.7 Å². The van der Waals surface area contributed by atoms with Gasteiger partial charge in [-0.3, -0.25) is 4.79 Å². The number of ether oxygens (including phenoxy) is 1. The van der Waals surface area contributed by atoms with Crippen LogP contribution in [0.25, 0.3) is 0 Å². The molecule has 0 bridgehead atoms. The Labute approximate surface area is 137 Å². The molecule has 22 heavy (non-hydrogen) atoms. The third-order valence-electron chi connectivity index (χ3n) is 3.37. The van der Waals surface area contributed by atoms with Crippen LogP contribution in [0.3, 0.4) is 0 Å². The zero-order valence-corrected chi connectivity index (χ0v) is 13.4. The number of aliphatic carboxylic acids is 1. The first-order chi connectivity index (χ1) is 10.4. The number of hydrogen-bond donors (Lipinski definition) is 3. The van der Waals surface area contributed by atoms with Gasteiger partial charge in [-0.2, -0.15) is 0 Å². The number of carboxylic acids is 1. The molecule has 0 heterocycles. The number of rotatable bonds is 5. The predicted molar refractivity (Wildman–Crippen MR) is 83.9 cm³/mol. The highest BCUT2D eigenvalue weighted by molar-refractivity contribution is 6.37. The Morgan fingerprint density at radius 1 is 1.32 bits per heavy atom. The summed E-state index contributed by atoms with van der Waals surface area (Å²) in [6, 6.07) is 2.53. The molecule has 0 spiro atoms. The lowest BCUT2D eigenvalue weighted by Crippen LogP contribution is -2.48. The Balaban J connectivity index is 1.91. The number of nitrogens with one attached hydrogen (secondary N) is 2. The molecule has 3 N–H and O–H groups in total. The van der Waals surface area contributed by atoms with Crippen LogP contribution < -0.4 is 15.4 Å². The Morgan fingerprint density at radius 3 is 2.41 bits per heavy atom. The van der Waals surface area contributed by atoms with E-state index in [2.05, 4.69) is 10.6 Å². The standard InChI is InChI=1S/C14H16Cl2N2O4/c1-2-22-12-10(15)5-9(6-11(12)16)18-14(21)17-8-3-7(4-8)13(19)20/h5-8H,2-4H2,1H3,(H,19,20)(H2,17,18,21). The number of hydrogen-bond acceptors (Lipinski definition) is 3. The summed E-state index contributed by atoms with van der Waals surface area (Å²) in [5.41, 5.74) is 0.435. The maximum atomic E-state index is 11.8. The molecule has 0 radical (unpaired) electrons. The molecule has 1 aliphatic carbocycles. The topological polar surface area (TPSA) is 87.7 Å². The summed E-state index contributed by atoms with van der Waals surface area (Å²) >= 11 is 12.1. The van der Waals surface area contributed by atoms with Gasteiger partial charge in [0.1, 0.15) is 0 Å². The SMILES string of the molecule is CCOc1c(Cl)cc(NC(=O)NC2CC(C(=O)O)C2)cc1Cl. The van der Waals surface area contributed by atoms with Crippen molar-refractivity contribution >= 4 is 40.9 Å². The fourth-order valence-electron chi connectivity index (χ4n) is 2.20. The van der Waals surface area contributed by atoms with E-state index in [0.717, 1.165) is 0 Å². The van der Waals surface area contributed by atoms with Gasteiger partial charge < -0.3 is 20.5 Å². The second kappa shape index (κ2) is 7.07. The van der Waals surface area contributed by atoms with Gasteiger partial charge in [0.05, 0.1) is 22.6 Å². The van der Waals surface area contributed by atoms with Gasteiger partial charge in [-0.1, -0.05) is 23.2 Å². The van der Waals surface area contributed by atoms with E-state index in [9.17, 15) is 9.59 Å². The molecule has 1 fully saturated rings. The molecule has 0 aliphatic heterocycles. The van der Waals surface area contributed by atoms with E-state index in [0.29, 0.717) is 40.9 Å². The van der Waals surface area contributed by atoms with E-state index < -0.39 is 12.0 Å². The molecule has 2 rings (SSSR count). The van der Waals surface area contributed by atoms with Crippen molar-refractivity contribution in [1.29, 1.82) is 0 Å².